The van der Waals surface area contributed by atoms with Gasteiger partial charge in [0, 0.05) is 19.2 Å². The van der Waals surface area contributed by atoms with Crippen molar-refractivity contribution in [2.24, 2.45) is 7.05 Å². The number of aryl methyl sites for hydroxylation is 2. The highest BCUT2D eigenvalue weighted by Crippen LogP contribution is 2.17. The van der Waals surface area contributed by atoms with E-state index < -0.39 is 5.69 Å². The molecule has 0 bridgehead atoms. The van der Waals surface area contributed by atoms with E-state index in [1.54, 1.807) is 35.2 Å². The second-order valence-corrected chi connectivity index (χ2v) is 5.37. The Morgan fingerprint density at radius 1 is 1.25 bits per heavy atom. The molecule has 2 heterocycles. The van der Waals surface area contributed by atoms with Gasteiger partial charge in [-0.25, -0.2) is 9.78 Å². The van der Waals surface area contributed by atoms with Gasteiger partial charge in [-0.15, -0.1) is 0 Å². The number of hydrogen-bond donors (Lipinski definition) is 2. The quantitative estimate of drug-likeness (QED) is 0.689. The standard InChI is InChI=1S/C16H18N6O2/c1-3-9-22-14-12(21(2)10-17-14)13(18-16(22)24)19-20-15(23)11-7-5-4-6-8-11/h4-8,10H,3,9H2,1-2H3,(H,20,23)(H,18,19,24). The lowest BCUT2D eigenvalue weighted by Crippen LogP contribution is -2.32. The summed E-state index contributed by atoms with van der Waals surface area (Å²) in [5.74, 6) is -0.0444. The van der Waals surface area contributed by atoms with E-state index in [-0.39, 0.29) is 11.7 Å². The Morgan fingerprint density at radius 3 is 2.71 bits per heavy atom. The minimum Gasteiger partial charge on any atom is -0.329 e. The van der Waals surface area contributed by atoms with Crippen LogP contribution in [0.2, 0.25) is 0 Å². The van der Waals surface area contributed by atoms with Crippen LogP contribution in [0.25, 0.3) is 11.2 Å². The molecule has 0 fully saturated rings. The molecular weight excluding hydrogens is 308 g/mol. The van der Waals surface area contributed by atoms with Crippen LogP contribution in [0.3, 0.4) is 0 Å². The number of benzene rings is 1. The minimum atomic E-state index is -0.403. The molecule has 2 N–H and O–H groups in total. The maximum atomic E-state index is 12.2. The zero-order valence-corrected chi connectivity index (χ0v) is 13.5. The number of fused-ring (bicyclic) bond motifs is 1. The van der Waals surface area contributed by atoms with E-state index >= 15 is 0 Å². The van der Waals surface area contributed by atoms with Crippen LogP contribution in [0.4, 0.5) is 5.82 Å². The highest BCUT2D eigenvalue weighted by atomic mass is 16.2. The van der Waals surface area contributed by atoms with Gasteiger partial charge in [-0.05, 0) is 18.6 Å². The van der Waals surface area contributed by atoms with Gasteiger partial charge in [-0.2, -0.15) is 4.98 Å². The van der Waals surface area contributed by atoms with E-state index in [9.17, 15) is 9.59 Å². The fourth-order valence-electron chi connectivity index (χ4n) is 2.48. The molecule has 3 aromatic rings. The van der Waals surface area contributed by atoms with Crippen LogP contribution >= 0.6 is 0 Å². The van der Waals surface area contributed by atoms with Crippen LogP contribution in [0, 0.1) is 0 Å². The van der Waals surface area contributed by atoms with Crippen LogP contribution in [0.1, 0.15) is 23.7 Å². The van der Waals surface area contributed by atoms with Gasteiger partial charge < -0.3 is 4.57 Å². The first-order valence-electron chi connectivity index (χ1n) is 7.65. The van der Waals surface area contributed by atoms with Gasteiger partial charge in [-0.1, -0.05) is 25.1 Å². The predicted octanol–water partition coefficient (Wildman–Crippen LogP) is 1.30. The number of hydrazine groups is 1. The van der Waals surface area contributed by atoms with Crippen LogP contribution in [0.15, 0.2) is 41.5 Å². The lowest BCUT2D eigenvalue weighted by atomic mass is 10.2. The Bertz CT molecular complexity index is 929. The second kappa shape index (κ2) is 6.53. The van der Waals surface area contributed by atoms with Gasteiger partial charge in [0.05, 0.1) is 6.33 Å². The topological polar surface area (TPSA) is 93.8 Å². The SMILES string of the molecule is CCCn1c(=O)nc(NNC(=O)c2ccccc2)c2c1ncn2C. The summed E-state index contributed by atoms with van der Waals surface area (Å²) < 4.78 is 3.28. The second-order valence-electron chi connectivity index (χ2n) is 5.37. The fraction of sp³-hybridized carbons (Fsp3) is 0.250. The summed E-state index contributed by atoms with van der Waals surface area (Å²) in [7, 11) is 1.81. The van der Waals surface area contributed by atoms with Crippen LogP contribution in [-0.4, -0.2) is 25.0 Å². The molecule has 3 rings (SSSR count). The van der Waals surface area contributed by atoms with Gasteiger partial charge in [0.25, 0.3) is 5.91 Å². The van der Waals surface area contributed by atoms with Crippen molar-refractivity contribution in [1.82, 2.24) is 24.5 Å². The maximum absolute atomic E-state index is 12.2. The lowest BCUT2D eigenvalue weighted by Gasteiger charge is -2.11. The van der Waals surface area contributed by atoms with Crippen molar-refractivity contribution < 1.29 is 4.79 Å². The molecule has 8 nitrogen and oxygen atoms in total. The number of imidazole rings is 1. The summed E-state index contributed by atoms with van der Waals surface area (Å²) in [5.41, 5.74) is 6.59. The lowest BCUT2D eigenvalue weighted by molar-refractivity contribution is 0.0962. The molecular formula is C16H18N6O2. The summed E-state index contributed by atoms with van der Waals surface area (Å²) >= 11 is 0. The van der Waals surface area contributed by atoms with Gasteiger partial charge in [0.1, 0.15) is 5.52 Å². The van der Waals surface area contributed by atoms with E-state index in [0.717, 1.165) is 6.42 Å². The molecule has 8 heteroatoms. The van der Waals surface area contributed by atoms with E-state index in [4.69, 9.17) is 0 Å². The van der Waals surface area contributed by atoms with Gasteiger partial charge in [-0.3, -0.25) is 20.2 Å². The molecule has 2 aromatic heterocycles. The molecule has 1 amide bonds. The Kier molecular flexibility index (Phi) is 4.28. The predicted molar refractivity (Wildman–Crippen MR) is 90.6 cm³/mol. The molecule has 0 aliphatic carbocycles. The average molecular weight is 326 g/mol. The van der Waals surface area contributed by atoms with Crippen molar-refractivity contribution in [2.45, 2.75) is 19.9 Å². The van der Waals surface area contributed by atoms with Crippen molar-refractivity contribution in [3.05, 3.63) is 52.7 Å². The van der Waals surface area contributed by atoms with Gasteiger partial charge >= 0.3 is 5.69 Å². The van der Waals surface area contributed by atoms with Crippen LogP contribution in [0.5, 0.6) is 0 Å². The van der Waals surface area contributed by atoms with Gasteiger partial charge in [0.2, 0.25) is 0 Å². The third-order valence-corrected chi connectivity index (χ3v) is 3.61. The summed E-state index contributed by atoms with van der Waals surface area (Å²) in [6.45, 7) is 2.52. The smallest absolute Gasteiger partial charge is 0.329 e. The van der Waals surface area contributed by atoms with Crippen molar-refractivity contribution in [2.75, 3.05) is 5.43 Å². The minimum absolute atomic E-state index is 0.270. The number of nitrogens with one attached hydrogen (secondary N) is 2. The number of aromatic nitrogens is 4. The van der Waals surface area contributed by atoms with Crippen molar-refractivity contribution in [3.63, 3.8) is 0 Å². The highest BCUT2D eigenvalue weighted by Gasteiger charge is 2.15. The first-order chi connectivity index (χ1) is 11.6. The fourth-order valence-corrected chi connectivity index (χ4v) is 2.48. The van der Waals surface area contributed by atoms with Crippen LogP contribution < -0.4 is 16.5 Å². The Labute approximate surface area is 138 Å². The molecule has 0 spiro atoms. The normalized spacial score (nSPS) is 10.8. The van der Waals surface area contributed by atoms with E-state index in [2.05, 4.69) is 20.8 Å². The summed E-state index contributed by atoms with van der Waals surface area (Å²) in [5, 5.41) is 0. The zero-order valence-electron chi connectivity index (χ0n) is 13.5. The first kappa shape index (κ1) is 15.7. The highest BCUT2D eigenvalue weighted by molar-refractivity contribution is 5.95. The number of nitrogens with zero attached hydrogens (tertiary/aromatic N) is 4. The van der Waals surface area contributed by atoms with E-state index in [1.165, 1.54) is 4.57 Å². The Balaban J connectivity index is 1.93. The molecule has 1 aromatic carbocycles. The van der Waals surface area contributed by atoms with Gasteiger partial charge in [0.15, 0.2) is 11.5 Å². The summed E-state index contributed by atoms with van der Waals surface area (Å²) in [4.78, 5) is 32.7. The number of carbonyl (C=O) groups excluding carboxylic acids is 1. The Hall–Kier alpha value is -3.16. The Morgan fingerprint density at radius 2 is 2.00 bits per heavy atom. The third-order valence-electron chi connectivity index (χ3n) is 3.61. The molecule has 0 aliphatic rings. The zero-order chi connectivity index (χ0) is 17.1. The van der Waals surface area contributed by atoms with E-state index in [0.29, 0.717) is 23.3 Å². The molecule has 0 unspecified atom stereocenters. The monoisotopic (exact) mass is 326 g/mol. The maximum Gasteiger partial charge on any atom is 0.351 e. The molecule has 24 heavy (non-hydrogen) atoms. The number of hydrogen-bond acceptors (Lipinski definition) is 5. The molecule has 0 radical (unpaired) electrons. The van der Waals surface area contributed by atoms with E-state index in [1.807, 2.05) is 20.0 Å². The number of amides is 1. The largest absolute Gasteiger partial charge is 0.351 e. The summed E-state index contributed by atoms with van der Waals surface area (Å²) in [6, 6.07) is 8.78. The number of anilines is 1. The molecule has 0 saturated carbocycles. The molecule has 0 saturated heterocycles. The molecule has 0 atom stereocenters. The average Bonchev–Trinajstić information content (AvgIpc) is 2.98. The number of carbonyl (C=O) groups is 1. The summed E-state index contributed by atoms with van der Waals surface area (Å²) in [6.07, 6.45) is 2.41. The molecule has 124 valence electrons. The molecule has 0 aliphatic heterocycles. The van der Waals surface area contributed by atoms with Crippen molar-refractivity contribution in [3.8, 4) is 0 Å². The van der Waals surface area contributed by atoms with Crippen LogP contribution in [-0.2, 0) is 13.6 Å². The van der Waals surface area contributed by atoms with Crippen molar-refractivity contribution >= 4 is 22.9 Å². The number of rotatable bonds is 5. The first-order valence-corrected chi connectivity index (χ1v) is 7.65. The third kappa shape index (κ3) is 2.85. The van der Waals surface area contributed by atoms with Crippen molar-refractivity contribution in [1.29, 1.82) is 0 Å².